The Kier molecular flexibility index (Phi) is 5.73. The standard InChI is InChI=1S/C13H22N2O2/c1-3-5-7-11(8-6-4-2)15-10-9-12(16)14-13(15)17/h9-11H,3-8H2,1-2H3,(H,14,16,17). The summed E-state index contributed by atoms with van der Waals surface area (Å²) in [7, 11) is 0. The van der Waals surface area contributed by atoms with Crippen LogP contribution < -0.4 is 11.2 Å². The van der Waals surface area contributed by atoms with Crippen LogP contribution in [0.15, 0.2) is 21.9 Å². The van der Waals surface area contributed by atoms with Gasteiger partial charge in [-0.3, -0.25) is 14.3 Å². The molecule has 0 amide bonds. The molecule has 0 saturated heterocycles. The van der Waals surface area contributed by atoms with Crippen LogP contribution in [0, 0.1) is 0 Å². The highest BCUT2D eigenvalue weighted by Gasteiger charge is 2.11. The molecule has 1 heterocycles. The number of rotatable bonds is 7. The molecule has 0 aromatic carbocycles. The van der Waals surface area contributed by atoms with Crippen molar-refractivity contribution in [2.45, 2.75) is 58.4 Å². The minimum Gasteiger partial charge on any atom is -0.298 e. The van der Waals surface area contributed by atoms with E-state index in [0.29, 0.717) is 0 Å². The second-order valence-electron chi connectivity index (χ2n) is 4.46. The lowest BCUT2D eigenvalue weighted by molar-refractivity contribution is 0.393. The Morgan fingerprint density at radius 3 is 2.24 bits per heavy atom. The highest BCUT2D eigenvalue weighted by Crippen LogP contribution is 2.19. The van der Waals surface area contributed by atoms with E-state index in [1.54, 1.807) is 10.8 Å². The van der Waals surface area contributed by atoms with Gasteiger partial charge in [0.25, 0.3) is 5.56 Å². The van der Waals surface area contributed by atoms with Gasteiger partial charge >= 0.3 is 5.69 Å². The van der Waals surface area contributed by atoms with Crippen LogP contribution in [0.3, 0.4) is 0 Å². The van der Waals surface area contributed by atoms with Crippen LogP contribution in [0.4, 0.5) is 0 Å². The summed E-state index contributed by atoms with van der Waals surface area (Å²) in [5, 5.41) is 0. The maximum absolute atomic E-state index is 11.7. The second-order valence-corrected chi connectivity index (χ2v) is 4.46. The van der Waals surface area contributed by atoms with E-state index in [1.165, 1.54) is 6.07 Å². The third kappa shape index (κ3) is 4.21. The zero-order valence-electron chi connectivity index (χ0n) is 10.7. The summed E-state index contributed by atoms with van der Waals surface area (Å²) in [4.78, 5) is 25.1. The van der Waals surface area contributed by atoms with E-state index in [2.05, 4.69) is 18.8 Å². The van der Waals surface area contributed by atoms with Gasteiger partial charge in [0.15, 0.2) is 0 Å². The smallest absolute Gasteiger partial charge is 0.298 e. The van der Waals surface area contributed by atoms with Gasteiger partial charge in [-0.2, -0.15) is 0 Å². The van der Waals surface area contributed by atoms with Crippen molar-refractivity contribution in [1.82, 2.24) is 9.55 Å². The van der Waals surface area contributed by atoms with E-state index < -0.39 is 0 Å². The number of nitrogens with one attached hydrogen (secondary N) is 1. The number of aromatic amines is 1. The molecule has 0 aliphatic rings. The normalized spacial score (nSPS) is 11.0. The number of nitrogens with zero attached hydrogens (tertiary/aromatic N) is 1. The molecule has 0 spiro atoms. The lowest BCUT2D eigenvalue weighted by Crippen LogP contribution is -2.31. The molecule has 1 N–H and O–H groups in total. The average Bonchev–Trinajstić information content (AvgIpc) is 2.30. The Balaban J connectivity index is 2.86. The fourth-order valence-electron chi connectivity index (χ4n) is 2.02. The highest BCUT2D eigenvalue weighted by atomic mass is 16.2. The molecule has 0 unspecified atom stereocenters. The van der Waals surface area contributed by atoms with Crippen LogP contribution in [0.1, 0.15) is 58.4 Å². The molecule has 0 aliphatic heterocycles. The van der Waals surface area contributed by atoms with E-state index >= 15 is 0 Å². The predicted molar refractivity (Wildman–Crippen MR) is 69.4 cm³/mol. The van der Waals surface area contributed by atoms with E-state index in [0.717, 1.165) is 38.5 Å². The zero-order chi connectivity index (χ0) is 12.7. The lowest BCUT2D eigenvalue weighted by atomic mass is 10.0. The number of unbranched alkanes of at least 4 members (excludes halogenated alkanes) is 2. The molecule has 0 fully saturated rings. The van der Waals surface area contributed by atoms with Crippen molar-refractivity contribution in [3.63, 3.8) is 0 Å². The van der Waals surface area contributed by atoms with Gasteiger partial charge < -0.3 is 0 Å². The van der Waals surface area contributed by atoms with Crippen LogP contribution in [-0.4, -0.2) is 9.55 Å². The first-order valence-corrected chi connectivity index (χ1v) is 6.50. The summed E-state index contributed by atoms with van der Waals surface area (Å²) in [6.07, 6.45) is 8.10. The minimum absolute atomic E-state index is 0.222. The van der Waals surface area contributed by atoms with Gasteiger partial charge in [-0.25, -0.2) is 4.79 Å². The Hall–Kier alpha value is -1.32. The molecule has 0 bridgehead atoms. The fraction of sp³-hybridized carbons (Fsp3) is 0.692. The van der Waals surface area contributed by atoms with Crippen molar-refractivity contribution in [2.75, 3.05) is 0 Å². The molecule has 0 saturated carbocycles. The van der Waals surface area contributed by atoms with Crippen LogP contribution in [0.25, 0.3) is 0 Å². The summed E-state index contributed by atoms with van der Waals surface area (Å²) in [6, 6.07) is 1.64. The molecule has 0 aliphatic carbocycles. The number of hydrogen-bond donors (Lipinski definition) is 1. The largest absolute Gasteiger partial charge is 0.328 e. The van der Waals surface area contributed by atoms with Crippen molar-refractivity contribution in [2.24, 2.45) is 0 Å². The maximum atomic E-state index is 11.7. The minimum atomic E-state index is -0.323. The molecule has 17 heavy (non-hydrogen) atoms. The third-order valence-corrected chi connectivity index (χ3v) is 3.03. The quantitative estimate of drug-likeness (QED) is 0.793. The Morgan fingerprint density at radius 1 is 1.18 bits per heavy atom. The Bertz CT molecular complexity index is 426. The molecule has 1 rings (SSSR count). The van der Waals surface area contributed by atoms with E-state index in [-0.39, 0.29) is 17.3 Å². The molecule has 1 aromatic rings. The molecular formula is C13H22N2O2. The number of H-pyrrole nitrogens is 1. The van der Waals surface area contributed by atoms with Crippen molar-refractivity contribution in [3.05, 3.63) is 33.1 Å². The molecule has 0 atom stereocenters. The first-order valence-electron chi connectivity index (χ1n) is 6.50. The molecule has 0 radical (unpaired) electrons. The van der Waals surface area contributed by atoms with Gasteiger partial charge in [-0.15, -0.1) is 0 Å². The third-order valence-electron chi connectivity index (χ3n) is 3.03. The SMILES string of the molecule is CCCCC(CCCC)n1ccc(=O)[nH]c1=O. The van der Waals surface area contributed by atoms with Gasteiger partial charge in [0.05, 0.1) is 0 Å². The molecular weight excluding hydrogens is 216 g/mol. The molecule has 1 aromatic heterocycles. The Labute approximate surface area is 102 Å². The second kappa shape index (κ2) is 7.09. The molecule has 4 heteroatoms. The first kappa shape index (κ1) is 13.7. The van der Waals surface area contributed by atoms with Crippen molar-refractivity contribution < 1.29 is 0 Å². The van der Waals surface area contributed by atoms with Crippen molar-refractivity contribution in [1.29, 1.82) is 0 Å². The summed E-state index contributed by atoms with van der Waals surface area (Å²) < 4.78 is 1.67. The number of aromatic nitrogens is 2. The average molecular weight is 238 g/mol. The van der Waals surface area contributed by atoms with Gasteiger partial charge in [-0.1, -0.05) is 39.5 Å². The monoisotopic (exact) mass is 238 g/mol. The van der Waals surface area contributed by atoms with Crippen LogP contribution in [0.5, 0.6) is 0 Å². The molecule has 96 valence electrons. The zero-order valence-corrected chi connectivity index (χ0v) is 10.7. The van der Waals surface area contributed by atoms with E-state index in [4.69, 9.17) is 0 Å². The van der Waals surface area contributed by atoms with Gasteiger partial charge in [0.1, 0.15) is 0 Å². The highest BCUT2D eigenvalue weighted by molar-refractivity contribution is 4.85. The van der Waals surface area contributed by atoms with Crippen molar-refractivity contribution >= 4 is 0 Å². The maximum Gasteiger partial charge on any atom is 0.328 e. The molecule has 4 nitrogen and oxygen atoms in total. The predicted octanol–water partition coefficient (Wildman–Crippen LogP) is 2.46. The fourth-order valence-corrected chi connectivity index (χ4v) is 2.02. The first-order chi connectivity index (χ1) is 8.19. The van der Waals surface area contributed by atoms with E-state index in [1.807, 2.05) is 0 Å². The van der Waals surface area contributed by atoms with Gasteiger partial charge in [0.2, 0.25) is 0 Å². The van der Waals surface area contributed by atoms with Gasteiger partial charge in [-0.05, 0) is 12.8 Å². The van der Waals surface area contributed by atoms with Crippen LogP contribution in [-0.2, 0) is 0 Å². The summed E-state index contributed by atoms with van der Waals surface area (Å²) in [5.74, 6) is 0. The summed E-state index contributed by atoms with van der Waals surface area (Å²) in [5.41, 5.74) is -0.606. The topological polar surface area (TPSA) is 54.9 Å². The lowest BCUT2D eigenvalue weighted by Gasteiger charge is -2.18. The summed E-state index contributed by atoms with van der Waals surface area (Å²) in [6.45, 7) is 4.29. The number of hydrogen-bond acceptors (Lipinski definition) is 2. The van der Waals surface area contributed by atoms with Crippen LogP contribution in [0.2, 0.25) is 0 Å². The summed E-state index contributed by atoms with van der Waals surface area (Å²) >= 11 is 0. The van der Waals surface area contributed by atoms with E-state index in [9.17, 15) is 9.59 Å². The van der Waals surface area contributed by atoms with Crippen LogP contribution >= 0.6 is 0 Å². The van der Waals surface area contributed by atoms with Crippen molar-refractivity contribution in [3.8, 4) is 0 Å². The van der Waals surface area contributed by atoms with Gasteiger partial charge in [0, 0.05) is 18.3 Å². The Morgan fingerprint density at radius 2 is 1.76 bits per heavy atom.